The van der Waals surface area contributed by atoms with Crippen LogP contribution in [0, 0.1) is 20.8 Å². The van der Waals surface area contributed by atoms with Gasteiger partial charge < -0.3 is 5.32 Å². The Balaban J connectivity index is 2.08. The van der Waals surface area contributed by atoms with Crippen LogP contribution in [0.15, 0.2) is 12.1 Å². The Morgan fingerprint density at radius 1 is 1.20 bits per heavy atom. The SMILES string of the molecule is Cc1cc(C)c(C(=O)CN(C)C2CCNCC2)c(C)c1. The predicted octanol–water partition coefficient (Wildman–Crippen LogP) is 2.48. The monoisotopic (exact) mass is 274 g/mol. The fraction of sp³-hybridized carbons (Fsp3) is 0.588. The molecule has 20 heavy (non-hydrogen) atoms. The van der Waals surface area contributed by atoms with Crippen molar-refractivity contribution in [3.63, 3.8) is 0 Å². The molecule has 110 valence electrons. The second-order valence-corrected chi connectivity index (χ2v) is 6.09. The van der Waals surface area contributed by atoms with Crippen LogP contribution in [0.3, 0.4) is 0 Å². The summed E-state index contributed by atoms with van der Waals surface area (Å²) in [6.07, 6.45) is 2.27. The molecule has 1 aromatic carbocycles. The molecule has 0 aliphatic carbocycles. The average molecular weight is 274 g/mol. The smallest absolute Gasteiger partial charge is 0.177 e. The maximum absolute atomic E-state index is 12.6. The third-order valence-corrected chi connectivity index (χ3v) is 4.28. The molecule has 1 aromatic rings. The molecule has 1 saturated heterocycles. The third kappa shape index (κ3) is 3.47. The van der Waals surface area contributed by atoms with Gasteiger partial charge in [0.2, 0.25) is 0 Å². The second-order valence-electron chi connectivity index (χ2n) is 6.09. The van der Waals surface area contributed by atoms with Crippen LogP contribution in [0.2, 0.25) is 0 Å². The summed E-state index contributed by atoms with van der Waals surface area (Å²) >= 11 is 0. The van der Waals surface area contributed by atoms with Crippen molar-refractivity contribution >= 4 is 5.78 Å². The minimum absolute atomic E-state index is 0.251. The number of benzene rings is 1. The lowest BCUT2D eigenvalue weighted by Crippen LogP contribution is -2.43. The maximum Gasteiger partial charge on any atom is 0.177 e. The zero-order valence-electron chi connectivity index (χ0n) is 13.1. The molecule has 0 bridgehead atoms. The first kappa shape index (κ1) is 15.2. The summed E-state index contributed by atoms with van der Waals surface area (Å²) in [5.41, 5.74) is 4.34. The van der Waals surface area contributed by atoms with Gasteiger partial charge in [0.15, 0.2) is 5.78 Å². The first-order valence-corrected chi connectivity index (χ1v) is 7.51. The highest BCUT2D eigenvalue weighted by Crippen LogP contribution is 2.18. The molecule has 1 aliphatic heterocycles. The van der Waals surface area contributed by atoms with Gasteiger partial charge in [-0.25, -0.2) is 0 Å². The van der Waals surface area contributed by atoms with Crippen molar-refractivity contribution in [3.05, 3.63) is 34.4 Å². The van der Waals surface area contributed by atoms with E-state index in [4.69, 9.17) is 0 Å². The van der Waals surface area contributed by atoms with Gasteiger partial charge in [0.25, 0.3) is 0 Å². The number of nitrogens with zero attached hydrogens (tertiary/aromatic N) is 1. The highest BCUT2D eigenvalue weighted by molar-refractivity contribution is 6.00. The fourth-order valence-electron chi connectivity index (χ4n) is 3.30. The molecule has 3 heteroatoms. The molecule has 0 aromatic heterocycles. The van der Waals surface area contributed by atoms with Crippen molar-refractivity contribution in [2.45, 2.75) is 39.7 Å². The van der Waals surface area contributed by atoms with E-state index in [0.717, 1.165) is 42.6 Å². The number of ketones is 1. The van der Waals surface area contributed by atoms with Gasteiger partial charge in [-0.3, -0.25) is 9.69 Å². The molecular weight excluding hydrogens is 248 g/mol. The molecule has 0 unspecified atom stereocenters. The first-order valence-electron chi connectivity index (χ1n) is 7.51. The van der Waals surface area contributed by atoms with Crippen LogP contribution in [0.25, 0.3) is 0 Å². The molecule has 0 amide bonds. The first-order chi connectivity index (χ1) is 9.49. The summed E-state index contributed by atoms with van der Waals surface area (Å²) in [4.78, 5) is 14.8. The number of carbonyl (C=O) groups is 1. The van der Waals surface area contributed by atoms with Crippen molar-refractivity contribution < 1.29 is 4.79 Å². The number of aryl methyl sites for hydroxylation is 3. The van der Waals surface area contributed by atoms with Crippen LogP contribution >= 0.6 is 0 Å². The molecule has 1 fully saturated rings. The average Bonchev–Trinajstić information content (AvgIpc) is 2.38. The van der Waals surface area contributed by atoms with E-state index >= 15 is 0 Å². The second kappa shape index (κ2) is 6.51. The normalized spacial score (nSPS) is 16.6. The lowest BCUT2D eigenvalue weighted by molar-refractivity contribution is 0.0902. The van der Waals surface area contributed by atoms with E-state index in [-0.39, 0.29) is 5.78 Å². The van der Waals surface area contributed by atoms with Crippen molar-refractivity contribution in [2.24, 2.45) is 0 Å². The van der Waals surface area contributed by atoms with E-state index in [1.54, 1.807) is 0 Å². The van der Waals surface area contributed by atoms with E-state index in [1.807, 2.05) is 13.8 Å². The molecule has 2 rings (SSSR count). The zero-order valence-corrected chi connectivity index (χ0v) is 13.1. The molecular formula is C17H26N2O. The Labute approximate surface area is 122 Å². The number of piperidine rings is 1. The number of rotatable bonds is 4. The lowest BCUT2D eigenvalue weighted by atomic mass is 9.96. The lowest BCUT2D eigenvalue weighted by Gasteiger charge is -2.31. The van der Waals surface area contributed by atoms with Gasteiger partial charge in [-0.05, 0) is 64.9 Å². The van der Waals surface area contributed by atoms with E-state index in [1.165, 1.54) is 5.56 Å². The highest BCUT2D eigenvalue weighted by atomic mass is 16.1. The molecule has 0 atom stereocenters. The van der Waals surface area contributed by atoms with Gasteiger partial charge in [0.1, 0.15) is 0 Å². The Morgan fingerprint density at radius 2 is 1.75 bits per heavy atom. The van der Waals surface area contributed by atoms with Gasteiger partial charge in [-0.15, -0.1) is 0 Å². The molecule has 0 spiro atoms. The quantitative estimate of drug-likeness (QED) is 0.856. The topological polar surface area (TPSA) is 32.3 Å². The number of hydrogen-bond acceptors (Lipinski definition) is 3. The fourth-order valence-corrected chi connectivity index (χ4v) is 3.30. The van der Waals surface area contributed by atoms with Gasteiger partial charge in [-0.1, -0.05) is 17.7 Å². The summed E-state index contributed by atoms with van der Waals surface area (Å²) in [6.45, 7) is 8.80. The van der Waals surface area contributed by atoms with Crippen LogP contribution in [0.5, 0.6) is 0 Å². The Morgan fingerprint density at radius 3 is 2.30 bits per heavy atom. The van der Waals surface area contributed by atoms with Gasteiger partial charge in [0.05, 0.1) is 6.54 Å². The molecule has 1 heterocycles. The Hall–Kier alpha value is -1.19. The zero-order chi connectivity index (χ0) is 14.7. The van der Waals surface area contributed by atoms with Crippen LogP contribution in [0.1, 0.15) is 39.9 Å². The van der Waals surface area contributed by atoms with Gasteiger partial charge >= 0.3 is 0 Å². The van der Waals surface area contributed by atoms with E-state index in [0.29, 0.717) is 12.6 Å². The van der Waals surface area contributed by atoms with Crippen LogP contribution in [0.4, 0.5) is 0 Å². The van der Waals surface area contributed by atoms with Crippen molar-refractivity contribution in [3.8, 4) is 0 Å². The summed E-state index contributed by atoms with van der Waals surface area (Å²) in [5, 5.41) is 3.37. The molecule has 0 radical (unpaired) electrons. The Bertz CT molecular complexity index is 467. The van der Waals surface area contributed by atoms with Crippen molar-refractivity contribution in [1.82, 2.24) is 10.2 Å². The number of nitrogens with one attached hydrogen (secondary N) is 1. The standard InChI is InChI=1S/C17H26N2O/c1-12-9-13(2)17(14(3)10-12)16(20)11-19(4)15-5-7-18-8-6-15/h9-10,15,18H,5-8,11H2,1-4H3. The summed E-state index contributed by atoms with van der Waals surface area (Å²) in [5.74, 6) is 0.251. The van der Waals surface area contributed by atoms with Gasteiger partial charge in [0, 0.05) is 11.6 Å². The Kier molecular flexibility index (Phi) is 4.95. The van der Waals surface area contributed by atoms with Crippen molar-refractivity contribution in [1.29, 1.82) is 0 Å². The molecule has 0 saturated carbocycles. The van der Waals surface area contributed by atoms with Crippen LogP contribution in [-0.4, -0.2) is 43.4 Å². The summed E-state index contributed by atoms with van der Waals surface area (Å²) in [7, 11) is 2.08. The van der Waals surface area contributed by atoms with Gasteiger partial charge in [-0.2, -0.15) is 0 Å². The van der Waals surface area contributed by atoms with E-state index < -0.39 is 0 Å². The predicted molar refractivity (Wildman–Crippen MR) is 83.5 cm³/mol. The maximum atomic E-state index is 12.6. The molecule has 1 N–H and O–H groups in total. The van der Waals surface area contributed by atoms with Crippen LogP contribution < -0.4 is 5.32 Å². The largest absolute Gasteiger partial charge is 0.317 e. The van der Waals surface area contributed by atoms with Crippen molar-refractivity contribution in [2.75, 3.05) is 26.7 Å². The number of carbonyl (C=O) groups excluding carboxylic acids is 1. The molecule has 3 nitrogen and oxygen atoms in total. The molecule has 1 aliphatic rings. The minimum atomic E-state index is 0.251. The number of Topliss-reactive ketones (excluding diaryl/α,β-unsaturated/α-hetero) is 1. The van der Waals surface area contributed by atoms with E-state index in [9.17, 15) is 4.79 Å². The van der Waals surface area contributed by atoms with E-state index in [2.05, 4.69) is 36.3 Å². The third-order valence-electron chi connectivity index (χ3n) is 4.28. The minimum Gasteiger partial charge on any atom is -0.317 e. The number of hydrogen-bond donors (Lipinski definition) is 1. The highest BCUT2D eigenvalue weighted by Gasteiger charge is 2.21. The van der Waals surface area contributed by atoms with Crippen LogP contribution in [-0.2, 0) is 0 Å². The number of likely N-dealkylation sites (N-methyl/N-ethyl adjacent to an activating group) is 1. The summed E-state index contributed by atoms with van der Waals surface area (Å²) < 4.78 is 0. The summed E-state index contributed by atoms with van der Waals surface area (Å²) in [6, 6.07) is 4.74.